The summed E-state index contributed by atoms with van der Waals surface area (Å²) in [6, 6.07) is 7.01. The first-order valence-corrected chi connectivity index (χ1v) is 8.36. The van der Waals surface area contributed by atoms with Gasteiger partial charge < -0.3 is 21.1 Å². The zero-order valence-corrected chi connectivity index (χ0v) is 15.4. The Bertz CT molecular complexity index is 553. The van der Waals surface area contributed by atoms with E-state index in [1.165, 1.54) is 0 Å². The highest BCUT2D eigenvalue weighted by Gasteiger charge is 2.13. The van der Waals surface area contributed by atoms with Gasteiger partial charge in [0.2, 0.25) is 5.91 Å². The number of aliphatic hydroxyl groups is 1. The van der Waals surface area contributed by atoms with Crippen LogP contribution in [-0.2, 0) is 4.79 Å². The minimum atomic E-state index is -0.700. The van der Waals surface area contributed by atoms with Crippen LogP contribution >= 0.6 is 11.6 Å². The number of carbonyl (C=O) groups excluding carboxylic acids is 1. The Balaban J connectivity index is 2.57. The Morgan fingerprint density at radius 2 is 1.88 bits per heavy atom. The molecule has 1 aromatic rings. The summed E-state index contributed by atoms with van der Waals surface area (Å²) in [5.74, 6) is 0.326. The molecular formula is C17H27ClN4O2. The molecule has 0 aliphatic rings. The number of amides is 1. The molecule has 0 saturated carbocycles. The molecule has 1 unspecified atom stereocenters. The maximum atomic E-state index is 11.8. The first-order chi connectivity index (χ1) is 11.2. The van der Waals surface area contributed by atoms with Crippen LogP contribution in [0.3, 0.4) is 0 Å². The summed E-state index contributed by atoms with van der Waals surface area (Å²) in [7, 11) is 0. The van der Waals surface area contributed by atoms with Crippen molar-refractivity contribution in [2.45, 2.75) is 39.3 Å². The number of benzene rings is 1. The van der Waals surface area contributed by atoms with Crippen molar-refractivity contribution in [2.24, 2.45) is 4.99 Å². The van der Waals surface area contributed by atoms with Crippen molar-refractivity contribution >= 4 is 23.5 Å². The Hall–Kier alpha value is -1.79. The normalized spacial score (nSPS) is 13.3. The molecule has 6 nitrogen and oxygen atoms in total. The summed E-state index contributed by atoms with van der Waals surface area (Å²) < 4.78 is 0. The quantitative estimate of drug-likeness (QED) is 0.464. The zero-order valence-electron chi connectivity index (χ0n) is 14.7. The average Bonchev–Trinajstić information content (AvgIpc) is 2.48. The number of halogens is 1. The lowest BCUT2D eigenvalue weighted by molar-refractivity contribution is -0.121. The van der Waals surface area contributed by atoms with Gasteiger partial charge in [-0.25, -0.2) is 4.99 Å². The second-order valence-corrected chi connectivity index (χ2v) is 6.88. The van der Waals surface area contributed by atoms with E-state index in [4.69, 9.17) is 11.6 Å². The van der Waals surface area contributed by atoms with Crippen molar-refractivity contribution < 1.29 is 9.90 Å². The Kier molecular flexibility index (Phi) is 8.01. The van der Waals surface area contributed by atoms with E-state index < -0.39 is 6.10 Å². The van der Waals surface area contributed by atoms with Gasteiger partial charge in [0.15, 0.2) is 5.96 Å². The van der Waals surface area contributed by atoms with Crippen molar-refractivity contribution in [1.29, 1.82) is 0 Å². The van der Waals surface area contributed by atoms with Gasteiger partial charge in [0.1, 0.15) is 6.54 Å². The maximum Gasteiger partial charge on any atom is 0.242 e. The highest BCUT2D eigenvalue weighted by atomic mass is 35.5. The molecule has 1 rings (SSSR count). The number of nitrogens with zero attached hydrogens (tertiary/aromatic N) is 1. The van der Waals surface area contributed by atoms with Gasteiger partial charge in [0.05, 0.1) is 6.10 Å². The molecule has 134 valence electrons. The van der Waals surface area contributed by atoms with Crippen LogP contribution in [0.5, 0.6) is 0 Å². The van der Waals surface area contributed by atoms with Gasteiger partial charge in [0, 0.05) is 23.7 Å². The van der Waals surface area contributed by atoms with Crippen LogP contribution in [0.1, 0.15) is 39.4 Å². The second kappa shape index (κ2) is 9.49. The van der Waals surface area contributed by atoms with Crippen LogP contribution in [0, 0.1) is 0 Å². The van der Waals surface area contributed by atoms with Gasteiger partial charge in [-0.3, -0.25) is 4.79 Å². The van der Waals surface area contributed by atoms with Gasteiger partial charge >= 0.3 is 0 Å². The number of nitrogens with one attached hydrogen (secondary N) is 3. The van der Waals surface area contributed by atoms with Gasteiger partial charge in [-0.15, -0.1) is 0 Å². The van der Waals surface area contributed by atoms with E-state index in [1.54, 1.807) is 24.3 Å². The van der Waals surface area contributed by atoms with E-state index in [2.05, 4.69) is 20.9 Å². The molecular weight excluding hydrogens is 328 g/mol. The largest absolute Gasteiger partial charge is 0.387 e. The minimum Gasteiger partial charge on any atom is -0.387 e. The molecule has 0 radical (unpaired) electrons. The molecule has 1 atom stereocenters. The van der Waals surface area contributed by atoms with Crippen molar-refractivity contribution in [2.75, 3.05) is 19.6 Å². The lowest BCUT2D eigenvalue weighted by Crippen LogP contribution is -2.43. The Morgan fingerprint density at radius 1 is 1.25 bits per heavy atom. The number of hydrogen-bond acceptors (Lipinski definition) is 3. The molecule has 1 amide bonds. The maximum absolute atomic E-state index is 11.8. The van der Waals surface area contributed by atoms with E-state index >= 15 is 0 Å². The molecule has 1 aromatic carbocycles. The van der Waals surface area contributed by atoms with E-state index in [-0.39, 0.29) is 24.5 Å². The summed E-state index contributed by atoms with van der Waals surface area (Å²) in [6.45, 7) is 8.63. The molecule has 4 N–H and O–H groups in total. The molecule has 7 heteroatoms. The third kappa shape index (κ3) is 8.17. The van der Waals surface area contributed by atoms with Crippen LogP contribution in [0.4, 0.5) is 0 Å². The summed E-state index contributed by atoms with van der Waals surface area (Å²) in [5.41, 5.74) is 0.469. The molecule has 0 aliphatic heterocycles. The van der Waals surface area contributed by atoms with Crippen LogP contribution < -0.4 is 16.0 Å². The summed E-state index contributed by atoms with van der Waals surface area (Å²) in [6.07, 6.45) is -0.700. The van der Waals surface area contributed by atoms with E-state index in [1.807, 2.05) is 27.7 Å². The number of aliphatic hydroxyl groups excluding tert-OH is 1. The Morgan fingerprint density at radius 3 is 2.42 bits per heavy atom. The monoisotopic (exact) mass is 354 g/mol. The molecule has 0 aromatic heterocycles. The molecule has 0 bridgehead atoms. The summed E-state index contributed by atoms with van der Waals surface area (Å²) in [5, 5.41) is 19.7. The number of aliphatic imine (C=N–C) groups is 1. The topological polar surface area (TPSA) is 85.8 Å². The highest BCUT2D eigenvalue weighted by Crippen LogP contribution is 2.15. The van der Waals surface area contributed by atoms with Gasteiger partial charge in [-0.05, 0) is 45.4 Å². The van der Waals surface area contributed by atoms with Crippen LogP contribution in [0.25, 0.3) is 0 Å². The molecule has 0 saturated heterocycles. The predicted molar refractivity (Wildman–Crippen MR) is 98.3 cm³/mol. The van der Waals surface area contributed by atoms with Gasteiger partial charge in [-0.2, -0.15) is 0 Å². The van der Waals surface area contributed by atoms with Gasteiger partial charge in [0.25, 0.3) is 0 Å². The third-order valence-corrected chi connectivity index (χ3v) is 3.21. The molecule has 0 aliphatic carbocycles. The second-order valence-electron chi connectivity index (χ2n) is 6.44. The zero-order chi connectivity index (χ0) is 18.2. The minimum absolute atomic E-state index is 0.0175. The number of guanidine groups is 1. The smallest absolute Gasteiger partial charge is 0.242 e. The van der Waals surface area contributed by atoms with Crippen LogP contribution in [-0.4, -0.2) is 42.1 Å². The van der Waals surface area contributed by atoms with Crippen LogP contribution in [0.15, 0.2) is 29.3 Å². The van der Waals surface area contributed by atoms with E-state index in [9.17, 15) is 9.90 Å². The third-order valence-electron chi connectivity index (χ3n) is 2.96. The van der Waals surface area contributed by atoms with Crippen molar-refractivity contribution in [3.05, 3.63) is 34.9 Å². The fourth-order valence-corrected chi connectivity index (χ4v) is 2.07. The Labute approximate surface area is 148 Å². The lowest BCUT2D eigenvalue weighted by atomic mass is 10.1. The summed E-state index contributed by atoms with van der Waals surface area (Å²) >= 11 is 5.84. The van der Waals surface area contributed by atoms with Crippen molar-refractivity contribution in [3.8, 4) is 0 Å². The van der Waals surface area contributed by atoms with Crippen LogP contribution in [0.2, 0.25) is 5.02 Å². The van der Waals surface area contributed by atoms with Crippen molar-refractivity contribution in [3.63, 3.8) is 0 Å². The molecule has 0 spiro atoms. The fourth-order valence-electron chi connectivity index (χ4n) is 1.95. The van der Waals surface area contributed by atoms with E-state index in [0.717, 1.165) is 5.56 Å². The van der Waals surface area contributed by atoms with Gasteiger partial charge in [-0.1, -0.05) is 23.7 Å². The first-order valence-electron chi connectivity index (χ1n) is 7.98. The first kappa shape index (κ1) is 20.3. The summed E-state index contributed by atoms with van der Waals surface area (Å²) in [4.78, 5) is 16.1. The molecule has 0 fully saturated rings. The number of rotatable bonds is 6. The predicted octanol–water partition coefficient (Wildman–Crippen LogP) is 1.84. The van der Waals surface area contributed by atoms with Crippen molar-refractivity contribution in [1.82, 2.24) is 16.0 Å². The van der Waals surface area contributed by atoms with E-state index in [0.29, 0.717) is 17.5 Å². The standard InChI is InChI=1S/C17H27ClN4O2/c1-5-19-16(21-11-15(24)22-17(2,3)4)20-10-14(23)12-6-8-13(18)9-7-12/h6-9,14,23H,5,10-11H2,1-4H3,(H,22,24)(H2,19,20,21). The fraction of sp³-hybridized carbons (Fsp3) is 0.529. The molecule has 24 heavy (non-hydrogen) atoms. The highest BCUT2D eigenvalue weighted by molar-refractivity contribution is 6.30. The lowest BCUT2D eigenvalue weighted by Gasteiger charge is -2.20. The number of hydrogen-bond donors (Lipinski definition) is 4. The average molecular weight is 355 g/mol. The molecule has 0 heterocycles. The SMILES string of the molecule is CCNC(=NCC(=O)NC(C)(C)C)NCC(O)c1ccc(Cl)cc1. The number of carbonyl (C=O) groups is 1.